The van der Waals surface area contributed by atoms with Crippen LogP contribution in [-0.2, 0) is 0 Å². The topological polar surface area (TPSA) is 40.5 Å². The van der Waals surface area contributed by atoms with Gasteiger partial charge in [-0.2, -0.15) is 0 Å². The maximum Gasteiger partial charge on any atom is 0.0800 e. The van der Waals surface area contributed by atoms with Crippen LogP contribution in [0, 0.1) is 5.92 Å². The number of aliphatic hydroxyl groups excluding tert-OH is 1. The van der Waals surface area contributed by atoms with Gasteiger partial charge in [0, 0.05) is 6.61 Å². The van der Waals surface area contributed by atoms with Crippen LogP contribution in [0.15, 0.2) is 47.6 Å². The van der Waals surface area contributed by atoms with E-state index in [0.717, 1.165) is 38.5 Å². The highest BCUT2D eigenvalue weighted by atomic mass is 16.3. The summed E-state index contributed by atoms with van der Waals surface area (Å²) in [4.78, 5) is 0. The fourth-order valence-electron chi connectivity index (χ4n) is 2.42. The molecule has 2 heteroatoms. The largest absolute Gasteiger partial charge is 0.396 e. The monoisotopic (exact) mass is 378 g/mol. The number of hydrogen-bond donors (Lipinski definition) is 2. The lowest BCUT2D eigenvalue weighted by Crippen LogP contribution is -2.19. The summed E-state index contributed by atoms with van der Waals surface area (Å²) in [5.74, 6) is 0.663. The van der Waals surface area contributed by atoms with E-state index < -0.39 is 5.60 Å². The molecule has 0 bridgehead atoms. The van der Waals surface area contributed by atoms with E-state index >= 15 is 0 Å². The van der Waals surface area contributed by atoms with Crippen molar-refractivity contribution in [2.24, 2.45) is 5.92 Å². The molecule has 0 aliphatic rings. The molecule has 0 heterocycles. The molecule has 0 radical (unpaired) electrons. The Bertz CT molecular complexity index is 459. The van der Waals surface area contributed by atoms with E-state index in [2.05, 4.69) is 66.3 Å². The third-order valence-electron chi connectivity index (χ3n) is 4.51. The standard InChI is InChI=1S/C15H26O.C10H20O/c1-6-15(5,16)12-8-11-14(4)10-7-9-13(2)3;1-9(2)5-4-6-10(3)7-8-11/h6,9,11,16H,1,7-8,10,12H2,2-5H3;5,10-11H,4,6-8H2,1-3H3/b14-11+;. The van der Waals surface area contributed by atoms with E-state index in [0.29, 0.717) is 12.5 Å². The number of allylic oxidation sites excluding steroid dienone is 6. The van der Waals surface area contributed by atoms with Gasteiger partial charge in [0.25, 0.3) is 0 Å². The lowest BCUT2D eigenvalue weighted by atomic mass is 9.99. The number of rotatable bonds is 12. The van der Waals surface area contributed by atoms with Gasteiger partial charge in [0.15, 0.2) is 0 Å². The van der Waals surface area contributed by atoms with Gasteiger partial charge in [0.1, 0.15) is 0 Å². The first-order valence-electron chi connectivity index (χ1n) is 10.4. The fraction of sp³-hybridized carbons (Fsp3) is 0.680. The summed E-state index contributed by atoms with van der Waals surface area (Å²) in [7, 11) is 0. The lowest BCUT2D eigenvalue weighted by molar-refractivity contribution is 0.103. The van der Waals surface area contributed by atoms with Crippen molar-refractivity contribution in [2.75, 3.05) is 6.61 Å². The first-order valence-corrected chi connectivity index (χ1v) is 10.4. The third-order valence-corrected chi connectivity index (χ3v) is 4.51. The predicted molar refractivity (Wildman–Crippen MR) is 122 cm³/mol. The lowest BCUT2D eigenvalue weighted by Gasteiger charge is -2.16. The van der Waals surface area contributed by atoms with E-state index in [1.54, 1.807) is 13.0 Å². The van der Waals surface area contributed by atoms with Crippen LogP contribution in [0.3, 0.4) is 0 Å². The SMILES string of the molecule is C=CC(C)(O)CC/C=C(\C)CCC=C(C)C.CC(C)=CCCC(C)CCO. The Morgan fingerprint density at radius 3 is 1.96 bits per heavy atom. The minimum Gasteiger partial charge on any atom is -0.396 e. The molecule has 27 heavy (non-hydrogen) atoms. The van der Waals surface area contributed by atoms with Crippen molar-refractivity contribution in [1.29, 1.82) is 0 Å². The van der Waals surface area contributed by atoms with E-state index in [1.807, 2.05) is 0 Å². The highest BCUT2D eigenvalue weighted by Gasteiger charge is 2.13. The minimum absolute atomic E-state index is 0.329. The van der Waals surface area contributed by atoms with Crippen LogP contribution in [0.1, 0.15) is 93.4 Å². The van der Waals surface area contributed by atoms with Crippen LogP contribution < -0.4 is 0 Å². The molecule has 0 aromatic heterocycles. The van der Waals surface area contributed by atoms with Gasteiger partial charge < -0.3 is 10.2 Å². The van der Waals surface area contributed by atoms with Crippen molar-refractivity contribution < 1.29 is 10.2 Å². The van der Waals surface area contributed by atoms with Gasteiger partial charge in [-0.15, -0.1) is 6.58 Å². The van der Waals surface area contributed by atoms with Gasteiger partial charge in [-0.1, -0.05) is 47.9 Å². The summed E-state index contributed by atoms with van der Waals surface area (Å²) < 4.78 is 0. The van der Waals surface area contributed by atoms with Gasteiger partial charge in [0.2, 0.25) is 0 Å². The number of hydrogen-bond acceptors (Lipinski definition) is 2. The molecular formula is C25H46O2. The smallest absolute Gasteiger partial charge is 0.0800 e. The highest BCUT2D eigenvalue weighted by Crippen LogP contribution is 2.15. The van der Waals surface area contributed by atoms with Gasteiger partial charge >= 0.3 is 0 Å². The zero-order valence-electron chi connectivity index (χ0n) is 19.1. The highest BCUT2D eigenvalue weighted by molar-refractivity contribution is 5.03. The Hall–Kier alpha value is -1.12. The molecule has 0 aliphatic heterocycles. The molecule has 0 saturated carbocycles. The van der Waals surface area contributed by atoms with Gasteiger partial charge in [-0.05, 0) is 92.4 Å². The second kappa shape index (κ2) is 17.0. The number of aliphatic hydroxyl groups is 2. The zero-order chi connectivity index (χ0) is 21.3. The molecule has 2 nitrogen and oxygen atoms in total. The van der Waals surface area contributed by atoms with E-state index in [9.17, 15) is 5.11 Å². The molecule has 0 aliphatic carbocycles. The van der Waals surface area contributed by atoms with E-state index in [1.165, 1.54) is 23.1 Å². The maximum atomic E-state index is 9.73. The van der Waals surface area contributed by atoms with Crippen molar-refractivity contribution in [1.82, 2.24) is 0 Å². The summed E-state index contributed by atoms with van der Waals surface area (Å²) in [6, 6.07) is 0. The first kappa shape index (κ1) is 28.1. The molecule has 0 fully saturated rings. The van der Waals surface area contributed by atoms with Crippen LogP contribution in [0.2, 0.25) is 0 Å². The Morgan fingerprint density at radius 1 is 0.926 bits per heavy atom. The first-order chi connectivity index (χ1) is 12.5. The molecule has 2 unspecified atom stereocenters. The summed E-state index contributed by atoms with van der Waals surface area (Å²) >= 11 is 0. The molecule has 2 N–H and O–H groups in total. The van der Waals surface area contributed by atoms with Crippen LogP contribution in [-0.4, -0.2) is 22.4 Å². The Labute approximate surface area is 169 Å². The summed E-state index contributed by atoms with van der Waals surface area (Å²) in [5.41, 5.74) is 3.44. The molecule has 0 amide bonds. The van der Waals surface area contributed by atoms with Crippen molar-refractivity contribution in [3.63, 3.8) is 0 Å². The van der Waals surface area contributed by atoms with Crippen molar-refractivity contribution in [3.8, 4) is 0 Å². The molecule has 0 spiro atoms. The summed E-state index contributed by atoms with van der Waals surface area (Å²) in [6.45, 7) is 18.6. The van der Waals surface area contributed by atoms with Crippen LogP contribution >= 0.6 is 0 Å². The van der Waals surface area contributed by atoms with Crippen molar-refractivity contribution >= 4 is 0 Å². The summed E-state index contributed by atoms with van der Waals surface area (Å²) in [6.07, 6.45) is 15.5. The predicted octanol–water partition coefficient (Wildman–Crippen LogP) is 7.15. The minimum atomic E-state index is -0.726. The Balaban J connectivity index is 0. The quantitative estimate of drug-likeness (QED) is 0.354. The van der Waals surface area contributed by atoms with Crippen molar-refractivity contribution in [3.05, 3.63) is 47.6 Å². The van der Waals surface area contributed by atoms with Crippen LogP contribution in [0.4, 0.5) is 0 Å². The van der Waals surface area contributed by atoms with Crippen LogP contribution in [0.5, 0.6) is 0 Å². The van der Waals surface area contributed by atoms with Crippen molar-refractivity contribution in [2.45, 2.75) is 99.0 Å². The van der Waals surface area contributed by atoms with Gasteiger partial charge in [0.05, 0.1) is 5.60 Å². The Morgan fingerprint density at radius 2 is 1.48 bits per heavy atom. The van der Waals surface area contributed by atoms with Gasteiger partial charge in [-0.3, -0.25) is 0 Å². The molecule has 158 valence electrons. The van der Waals surface area contributed by atoms with E-state index in [-0.39, 0.29) is 0 Å². The second-order valence-corrected chi connectivity index (χ2v) is 8.45. The van der Waals surface area contributed by atoms with Gasteiger partial charge in [-0.25, -0.2) is 0 Å². The average Bonchev–Trinajstić information content (AvgIpc) is 2.55. The fourth-order valence-corrected chi connectivity index (χ4v) is 2.42. The molecule has 0 aromatic carbocycles. The van der Waals surface area contributed by atoms with Crippen LogP contribution in [0.25, 0.3) is 0 Å². The molecule has 0 saturated heterocycles. The molecule has 0 aromatic rings. The molecule has 2 atom stereocenters. The Kier molecular flexibility index (Phi) is 17.7. The second-order valence-electron chi connectivity index (χ2n) is 8.45. The normalized spacial score (nSPS) is 14.3. The summed E-state index contributed by atoms with van der Waals surface area (Å²) in [5, 5.41) is 18.4. The van der Waals surface area contributed by atoms with E-state index in [4.69, 9.17) is 5.11 Å². The molecular weight excluding hydrogens is 332 g/mol. The third kappa shape index (κ3) is 22.8. The maximum absolute atomic E-state index is 9.73. The zero-order valence-corrected chi connectivity index (χ0v) is 19.1. The molecule has 0 rings (SSSR count). The average molecular weight is 379 g/mol.